The number of rotatable bonds is 6. The van der Waals surface area contributed by atoms with Gasteiger partial charge in [0.05, 0.1) is 17.6 Å². The van der Waals surface area contributed by atoms with E-state index in [0.717, 1.165) is 54.0 Å². The molecule has 0 spiro atoms. The lowest BCUT2D eigenvalue weighted by molar-refractivity contribution is -0.138. The summed E-state index contributed by atoms with van der Waals surface area (Å²) < 4.78 is 0. The molecule has 3 aromatic rings. The van der Waals surface area contributed by atoms with E-state index in [1.165, 1.54) is 5.56 Å². The van der Waals surface area contributed by atoms with Gasteiger partial charge in [-0.05, 0) is 73.8 Å². The van der Waals surface area contributed by atoms with E-state index in [1.807, 2.05) is 43.6 Å². The summed E-state index contributed by atoms with van der Waals surface area (Å²) in [6, 6.07) is 16.7. The maximum atomic E-state index is 10.9. The smallest absolute Gasteiger partial charge is 0.303 e. The maximum Gasteiger partial charge on any atom is 0.303 e. The highest BCUT2D eigenvalue weighted by molar-refractivity contribution is 5.67. The number of hydrogen-bond donors (Lipinski definition) is 2. The Kier molecular flexibility index (Phi) is 6.07. The predicted octanol–water partition coefficient (Wildman–Crippen LogP) is 5.94. The Hall–Kier alpha value is -3.21. The van der Waals surface area contributed by atoms with Crippen molar-refractivity contribution in [2.75, 3.05) is 5.32 Å². The van der Waals surface area contributed by atoms with Crippen LogP contribution in [0.3, 0.4) is 0 Å². The molecule has 2 heterocycles. The zero-order chi connectivity index (χ0) is 20.9. The van der Waals surface area contributed by atoms with Crippen LogP contribution in [-0.4, -0.2) is 21.0 Å². The minimum Gasteiger partial charge on any atom is -0.481 e. The molecule has 0 saturated heterocycles. The van der Waals surface area contributed by atoms with Gasteiger partial charge < -0.3 is 10.4 Å². The van der Waals surface area contributed by atoms with Crippen molar-refractivity contribution >= 4 is 17.5 Å². The first-order valence-electron chi connectivity index (χ1n) is 10.5. The van der Waals surface area contributed by atoms with Gasteiger partial charge in [-0.2, -0.15) is 0 Å². The number of carbonyl (C=O) groups is 1. The largest absolute Gasteiger partial charge is 0.481 e. The highest BCUT2D eigenvalue weighted by Crippen LogP contribution is 2.37. The maximum absolute atomic E-state index is 10.9. The third kappa shape index (κ3) is 5.03. The molecule has 5 heteroatoms. The summed E-state index contributed by atoms with van der Waals surface area (Å²) in [7, 11) is 0. The first-order chi connectivity index (χ1) is 14.6. The van der Waals surface area contributed by atoms with Gasteiger partial charge >= 0.3 is 5.97 Å². The Bertz CT molecular complexity index is 974. The third-order valence-electron chi connectivity index (χ3n) is 5.94. The van der Waals surface area contributed by atoms with Crippen LogP contribution in [0.2, 0.25) is 0 Å². The van der Waals surface area contributed by atoms with Gasteiger partial charge in [0.25, 0.3) is 0 Å². The molecule has 154 valence electrons. The van der Waals surface area contributed by atoms with Crippen molar-refractivity contribution in [3.05, 3.63) is 72.1 Å². The van der Waals surface area contributed by atoms with Crippen LogP contribution in [0, 0.1) is 12.8 Å². The summed E-state index contributed by atoms with van der Waals surface area (Å²) in [5, 5.41) is 12.2. The minimum atomic E-state index is -0.674. The highest BCUT2D eigenvalue weighted by atomic mass is 16.4. The number of aryl methyl sites for hydroxylation is 1. The van der Waals surface area contributed by atoms with Crippen molar-refractivity contribution in [2.24, 2.45) is 5.92 Å². The number of hydrogen-bond acceptors (Lipinski definition) is 4. The summed E-state index contributed by atoms with van der Waals surface area (Å²) in [6.07, 6.45) is 8.13. The molecule has 0 amide bonds. The number of aliphatic carboxylic acids is 1. The second-order valence-corrected chi connectivity index (χ2v) is 8.22. The molecule has 0 atom stereocenters. The number of nitrogens with zero attached hydrogens (tertiary/aromatic N) is 2. The summed E-state index contributed by atoms with van der Waals surface area (Å²) in [6.45, 7) is 2.02. The van der Waals surface area contributed by atoms with Crippen molar-refractivity contribution in [3.8, 4) is 11.3 Å². The van der Waals surface area contributed by atoms with Crippen molar-refractivity contribution in [1.29, 1.82) is 0 Å². The van der Waals surface area contributed by atoms with Crippen molar-refractivity contribution in [2.45, 2.75) is 44.9 Å². The molecular weight excluding hydrogens is 374 g/mol. The number of aromatic nitrogens is 2. The van der Waals surface area contributed by atoms with Crippen LogP contribution in [-0.2, 0) is 4.79 Å². The van der Waals surface area contributed by atoms with Gasteiger partial charge in [-0.1, -0.05) is 30.3 Å². The molecule has 0 unspecified atom stereocenters. The molecule has 1 saturated carbocycles. The Morgan fingerprint density at radius 1 is 0.967 bits per heavy atom. The normalized spacial score (nSPS) is 18.7. The summed E-state index contributed by atoms with van der Waals surface area (Å²) >= 11 is 0. The summed E-state index contributed by atoms with van der Waals surface area (Å²) in [4.78, 5) is 19.9. The van der Waals surface area contributed by atoms with Crippen LogP contribution >= 0.6 is 0 Å². The Balaban J connectivity index is 1.37. The molecule has 30 heavy (non-hydrogen) atoms. The molecule has 1 fully saturated rings. The number of nitrogens with one attached hydrogen (secondary N) is 1. The number of pyridine rings is 2. The fourth-order valence-electron chi connectivity index (χ4n) is 4.20. The molecule has 5 nitrogen and oxygen atoms in total. The molecule has 2 N–H and O–H groups in total. The monoisotopic (exact) mass is 401 g/mol. The Morgan fingerprint density at radius 2 is 1.73 bits per heavy atom. The first kappa shape index (κ1) is 20.1. The van der Waals surface area contributed by atoms with E-state index in [1.54, 1.807) is 0 Å². The molecule has 1 aliphatic carbocycles. The molecule has 0 bridgehead atoms. The van der Waals surface area contributed by atoms with Crippen molar-refractivity contribution < 1.29 is 9.90 Å². The van der Waals surface area contributed by atoms with E-state index < -0.39 is 5.97 Å². The minimum absolute atomic E-state index is 0.308. The average molecular weight is 402 g/mol. The molecular formula is C25H27N3O2. The first-order valence-corrected chi connectivity index (χ1v) is 10.5. The van der Waals surface area contributed by atoms with Crippen LogP contribution in [0.15, 0.2) is 60.9 Å². The molecule has 0 radical (unpaired) electrons. The van der Waals surface area contributed by atoms with Gasteiger partial charge in [-0.3, -0.25) is 9.78 Å². The van der Waals surface area contributed by atoms with E-state index in [0.29, 0.717) is 18.3 Å². The lowest BCUT2D eigenvalue weighted by Crippen LogP contribution is -2.16. The second-order valence-electron chi connectivity index (χ2n) is 8.22. The van der Waals surface area contributed by atoms with Gasteiger partial charge in [0.2, 0.25) is 0 Å². The van der Waals surface area contributed by atoms with E-state index in [9.17, 15) is 4.79 Å². The van der Waals surface area contributed by atoms with Gasteiger partial charge in [-0.25, -0.2) is 4.98 Å². The van der Waals surface area contributed by atoms with Gasteiger partial charge in [-0.15, -0.1) is 0 Å². The number of carboxylic acid groups (broad SMARTS) is 1. The van der Waals surface area contributed by atoms with Crippen molar-refractivity contribution in [3.63, 3.8) is 0 Å². The fourth-order valence-corrected chi connectivity index (χ4v) is 4.20. The average Bonchev–Trinajstić information content (AvgIpc) is 2.76. The second kappa shape index (κ2) is 9.08. The fraction of sp³-hybridized carbons (Fsp3) is 0.320. The van der Waals surface area contributed by atoms with Crippen LogP contribution < -0.4 is 5.32 Å². The number of anilines is 2. The van der Waals surface area contributed by atoms with E-state index in [-0.39, 0.29) is 0 Å². The van der Waals surface area contributed by atoms with Crippen LogP contribution in [0.25, 0.3) is 11.3 Å². The number of benzene rings is 1. The number of carboxylic acids is 1. The van der Waals surface area contributed by atoms with E-state index in [2.05, 4.69) is 39.6 Å². The lowest BCUT2D eigenvalue weighted by Gasteiger charge is -2.28. The topological polar surface area (TPSA) is 75.1 Å². The lowest BCUT2D eigenvalue weighted by atomic mass is 9.77. The molecule has 0 aliphatic heterocycles. The molecule has 1 aromatic carbocycles. The van der Waals surface area contributed by atoms with Gasteiger partial charge in [0, 0.05) is 18.2 Å². The quantitative estimate of drug-likeness (QED) is 0.534. The SMILES string of the molecule is Cc1ccc(Nc2ccc(-c3ccc(C4CCC(CC(=O)O)CC4)cc3)nc2)nc1. The molecule has 1 aliphatic rings. The summed E-state index contributed by atoms with van der Waals surface area (Å²) in [5.41, 5.74) is 5.42. The molecule has 2 aromatic heterocycles. The van der Waals surface area contributed by atoms with E-state index in [4.69, 9.17) is 5.11 Å². The highest BCUT2D eigenvalue weighted by Gasteiger charge is 2.23. The van der Waals surface area contributed by atoms with Crippen LogP contribution in [0.1, 0.15) is 49.1 Å². The Morgan fingerprint density at radius 3 is 2.33 bits per heavy atom. The molecule has 4 rings (SSSR count). The zero-order valence-electron chi connectivity index (χ0n) is 17.2. The Labute approximate surface area is 177 Å². The van der Waals surface area contributed by atoms with Crippen molar-refractivity contribution in [1.82, 2.24) is 9.97 Å². The summed E-state index contributed by atoms with van der Waals surface area (Å²) in [5.74, 6) is 0.999. The van der Waals surface area contributed by atoms with E-state index >= 15 is 0 Å². The van der Waals surface area contributed by atoms with Gasteiger partial charge in [0.15, 0.2) is 0 Å². The van der Waals surface area contributed by atoms with Crippen LogP contribution in [0.5, 0.6) is 0 Å². The van der Waals surface area contributed by atoms with Gasteiger partial charge in [0.1, 0.15) is 5.82 Å². The standard InChI is InChI=1S/C25H27N3O2/c1-17-2-13-24(27-15-17)28-22-11-12-23(26-16-22)21-9-7-20(8-10-21)19-5-3-18(4-6-19)14-25(29)30/h2,7-13,15-16,18-19H,3-6,14H2,1H3,(H,27,28)(H,29,30). The zero-order valence-corrected chi connectivity index (χ0v) is 17.2. The third-order valence-corrected chi connectivity index (χ3v) is 5.94. The predicted molar refractivity (Wildman–Crippen MR) is 119 cm³/mol. The van der Waals surface area contributed by atoms with Crippen LogP contribution in [0.4, 0.5) is 11.5 Å².